The van der Waals surface area contributed by atoms with Gasteiger partial charge in [0.2, 0.25) is 0 Å². The molecule has 112 valence electrons. The third-order valence-corrected chi connectivity index (χ3v) is 4.92. The Labute approximate surface area is 124 Å². The monoisotopic (exact) mass is 274 g/mol. The Bertz CT molecular complexity index is 378. The molecule has 1 unspecified atom stereocenters. The molecule has 1 aromatic carbocycles. The van der Waals surface area contributed by atoms with Crippen LogP contribution in [0.4, 0.5) is 0 Å². The molecule has 1 fully saturated rings. The lowest BCUT2D eigenvalue weighted by molar-refractivity contribution is 0.0949. The maximum Gasteiger partial charge on any atom is 0.0304 e. The van der Waals surface area contributed by atoms with Crippen LogP contribution >= 0.6 is 0 Å². The summed E-state index contributed by atoms with van der Waals surface area (Å²) in [5, 5.41) is 0. The third kappa shape index (κ3) is 4.07. The highest BCUT2D eigenvalue weighted by atomic mass is 15.2. The molecule has 0 radical (unpaired) electrons. The van der Waals surface area contributed by atoms with Gasteiger partial charge in [-0.3, -0.25) is 4.90 Å². The number of nitrogens with zero attached hydrogens (tertiary/aromatic N) is 1. The summed E-state index contributed by atoms with van der Waals surface area (Å²) in [5.41, 5.74) is 8.05. The first-order valence-corrected chi connectivity index (χ1v) is 8.15. The van der Waals surface area contributed by atoms with Gasteiger partial charge in [0.1, 0.15) is 0 Å². The van der Waals surface area contributed by atoms with E-state index in [0.717, 1.165) is 12.8 Å². The molecule has 1 heterocycles. The summed E-state index contributed by atoms with van der Waals surface area (Å²) in [6.45, 7) is 7.08. The molecule has 0 bridgehead atoms. The molecule has 1 saturated heterocycles. The number of likely N-dealkylation sites (tertiary alicyclic amines) is 1. The summed E-state index contributed by atoms with van der Waals surface area (Å²) >= 11 is 0. The first kappa shape index (κ1) is 15.5. The highest BCUT2D eigenvalue weighted by molar-refractivity contribution is 5.15. The minimum absolute atomic E-state index is 0.110. The lowest BCUT2D eigenvalue weighted by atomic mass is 9.88. The Balaban J connectivity index is 1.90. The van der Waals surface area contributed by atoms with Crippen molar-refractivity contribution in [2.45, 2.75) is 64.0 Å². The molecule has 2 nitrogen and oxygen atoms in total. The molecule has 20 heavy (non-hydrogen) atoms. The molecule has 0 aliphatic carbocycles. The highest BCUT2D eigenvalue weighted by Gasteiger charge is 2.32. The summed E-state index contributed by atoms with van der Waals surface area (Å²) in [6.07, 6.45) is 7.56. The van der Waals surface area contributed by atoms with E-state index < -0.39 is 0 Å². The van der Waals surface area contributed by atoms with E-state index in [1.54, 1.807) is 0 Å². The zero-order chi connectivity index (χ0) is 14.4. The van der Waals surface area contributed by atoms with Crippen LogP contribution in [-0.2, 0) is 6.42 Å². The lowest BCUT2D eigenvalue weighted by Gasteiger charge is -2.42. The molecule has 1 aliphatic rings. The average molecular weight is 274 g/mol. The van der Waals surface area contributed by atoms with Gasteiger partial charge in [-0.1, -0.05) is 43.2 Å². The second-order valence-corrected chi connectivity index (χ2v) is 6.69. The Morgan fingerprint density at radius 2 is 1.65 bits per heavy atom. The first-order valence-electron chi connectivity index (χ1n) is 8.15. The molecule has 2 rings (SSSR count). The predicted molar refractivity (Wildman–Crippen MR) is 86.9 cm³/mol. The van der Waals surface area contributed by atoms with Crippen LogP contribution in [0.3, 0.4) is 0 Å². The molecule has 2 N–H and O–H groups in total. The van der Waals surface area contributed by atoms with Crippen LogP contribution in [0.2, 0.25) is 0 Å². The molecular formula is C18H30N2. The maximum absolute atomic E-state index is 6.54. The zero-order valence-corrected chi connectivity index (χ0v) is 13.1. The van der Waals surface area contributed by atoms with Gasteiger partial charge >= 0.3 is 0 Å². The number of hydrogen-bond donors (Lipinski definition) is 1. The average Bonchev–Trinajstić information content (AvgIpc) is 2.75. The Hall–Kier alpha value is -0.860. The number of aryl methyl sites for hydroxylation is 1. The summed E-state index contributed by atoms with van der Waals surface area (Å²) in [7, 11) is 0. The van der Waals surface area contributed by atoms with Crippen LogP contribution < -0.4 is 5.73 Å². The van der Waals surface area contributed by atoms with Gasteiger partial charge in [-0.2, -0.15) is 0 Å². The molecule has 0 aromatic heterocycles. The number of benzene rings is 1. The van der Waals surface area contributed by atoms with Crippen molar-refractivity contribution in [2.24, 2.45) is 5.73 Å². The van der Waals surface area contributed by atoms with E-state index in [-0.39, 0.29) is 11.6 Å². The molecule has 1 atom stereocenters. The van der Waals surface area contributed by atoms with Gasteiger partial charge in [0, 0.05) is 11.6 Å². The van der Waals surface area contributed by atoms with Gasteiger partial charge in [0.15, 0.2) is 0 Å². The second kappa shape index (κ2) is 7.24. The normalized spacial score (nSPS) is 19.6. The van der Waals surface area contributed by atoms with Crippen LogP contribution in [0.25, 0.3) is 0 Å². The van der Waals surface area contributed by atoms with Crippen LogP contribution in [-0.4, -0.2) is 29.6 Å². The molecule has 1 aliphatic heterocycles. The minimum Gasteiger partial charge on any atom is -0.326 e. The van der Waals surface area contributed by atoms with Crippen molar-refractivity contribution >= 4 is 0 Å². The summed E-state index contributed by atoms with van der Waals surface area (Å²) in [4.78, 5) is 2.62. The highest BCUT2D eigenvalue weighted by Crippen LogP contribution is 2.24. The largest absolute Gasteiger partial charge is 0.326 e. The van der Waals surface area contributed by atoms with E-state index >= 15 is 0 Å². The Kier molecular flexibility index (Phi) is 5.62. The van der Waals surface area contributed by atoms with E-state index in [4.69, 9.17) is 5.73 Å². The van der Waals surface area contributed by atoms with Gasteiger partial charge < -0.3 is 5.73 Å². The Morgan fingerprint density at radius 1 is 1.05 bits per heavy atom. The fourth-order valence-electron chi connectivity index (χ4n) is 3.20. The smallest absolute Gasteiger partial charge is 0.0304 e. The van der Waals surface area contributed by atoms with Crippen molar-refractivity contribution < 1.29 is 0 Å². The predicted octanol–water partition coefficient (Wildman–Crippen LogP) is 3.60. The number of rotatable bonds is 5. The van der Waals surface area contributed by atoms with Crippen LogP contribution in [0.15, 0.2) is 30.3 Å². The molecule has 2 heteroatoms. The Morgan fingerprint density at radius 3 is 2.25 bits per heavy atom. The third-order valence-electron chi connectivity index (χ3n) is 4.92. The van der Waals surface area contributed by atoms with Crippen molar-refractivity contribution in [2.75, 3.05) is 13.1 Å². The molecule has 1 aromatic rings. The molecular weight excluding hydrogens is 244 g/mol. The van der Waals surface area contributed by atoms with Crippen molar-refractivity contribution in [3.63, 3.8) is 0 Å². The fourth-order valence-corrected chi connectivity index (χ4v) is 3.20. The molecule has 0 amide bonds. The van der Waals surface area contributed by atoms with Gasteiger partial charge in [-0.25, -0.2) is 0 Å². The van der Waals surface area contributed by atoms with Gasteiger partial charge in [-0.05, 0) is 58.2 Å². The van der Waals surface area contributed by atoms with Crippen LogP contribution in [0.5, 0.6) is 0 Å². The number of hydrogen-bond acceptors (Lipinski definition) is 2. The maximum atomic E-state index is 6.54. The fraction of sp³-hybridized carbons (Fsp3) is 0.667. The van der Waals surface area contributed by atoms with Crippen molar-refractivity contribution in [1.29, 1.82) is 0 Å². The van der Waals surface area contributed by atoms with Crippen LogP contribution in [0.1, 0.15) is 51.5 Å². The molecule has 0 spiro atoms. The van der Waals surface area contributed by atoms with E-state index in [1.807, 2.05) is 0 Å². The van der Waals surface area contributed by atoms with E-state index in [2.05, 4.69) is 49.1 Å². The quantitative estimate of drug-likeness (QED) is 0.889. The van der Waals surface area contributed by atoms with E-state index in [9.17, 15) is 0 Å². The minimum atomic E-state index is 0.110. The van der Waals surface area contributed by atoms with Crippen molar-refractivity contribution in [1.82, 2.24) is 4.90 Å². The summed E-state index contributed by atoms with van der Waals surface area (Å²) in [5.74, 6) is 0. The molecule has 0 saturated carbocycles. The lowest BCUT2D eigenvalue weighted by Crippen LogP contribution is -2.56. The number of nitrogens with two attached hydrogens (primary N) is 1. The van der Waals surface area contributed by atoms with Gasteiger partial charge in [0.25, 0.3) is 0 Å². The first-order chi connectivity index (χ1) is 9.60. The zero-order valence-electron chi connectivity index (χ0n) is 13.1. The van der Waals surface area contributed by atoms with E-state index in [1.165, 1.54) is 44.3 Å². The van der Waals surface area contributed by atoms with Gasteiger partial charge in [-0.15, -0.1) is 0 Å². The van der Waals surface area contributed by atoms with Crippen LogP contribution in [0, 0.1) is 0 Å². The van der Waals surface area contributed by atoms with E-state index in [0.29, 0.717) is 0 Å². The van der Waals surface area contributed by atoms with Crippen molar-refractivity contribution in [3.8, 4) is 0 Å². The summed E-state index contributed by atoms with van der Waals surface area (Å²) < 4.78 is 0. The SMILES string of the molecule is CC(C)(C(N)CCc1ccccc1)N1CCCCCC1. The topological polar surface area (TPSA) is 29.3 Å². The van der Waals surface area contributed by atoms with Crippen molar-refractivity contribution in [3.05, 3.63) is 35.9 Å². The standard InChI is InChI=1S/C18H30N2/c1-18(2,20-14-8-3-4-9-15-20)17(19)13-12-16-10-6-5-7-11-16/h5-7,10-11,17H,3-4,8-9,12-15,19H2,1-2H3. The summed E-state index contributed by atoms with van der Waals surface area (Å²) in [6, 6.07) is 10.9. The van der Waals surface area contributed by atoms with Gasteiger partial charge in [0.05, 0.1) is 0 Å². The second-order valence-electron chi connectivity index (χ2n) is 6.69.